The van der Waals surface area contributed by atoms with Crippen LogP contribution in [0.3, 0.4) is 0 Å². The highest BCUT2D eigenvalue weighted by Gasteiger charge is 2.20. The molecule has 0 radical (unpaired) electrons. The third-order valence-electron chi connectivity index (χ3n) is 3.36. The summed E-state index contributed by atoms with van der Waals surface area (Å²) < 4.78 is 0. The Labute approximate surface area is 152 Å². The molecule has 9 nitrogen and oxygen atoms in total. The summed E-state index contributed by atoms with van der Waals surface area (Å²) in [6, 6.07) is 7.54. The van der Waals surface area contributed by atoms with Crippen molar-refractivity contribution in [1.29, 1.82) is 0 Å². The van der Waals surface area contributed by atoms with Crippen molar-refractivity contribution in [2.45, 2.75) is 44.3 Å². The van der Waals surface area contributed by atoms with E-state index < -0.39 is 30.0 Å². The number of aliphatic carboxylic acids is 3. The monoisotopic (exact) mass is 369 g/mol. The van der Waals surface area contributed by atoms with Crippen LogP contribution in [0.5, 0.6) is 0 Å². The lowest BCUT2D eigenvalue weighted by atomic mass is 10.1. The van der Waals surface area contributed by atoms with E-state index in [1.807, 2.05) is 30.3 Å². The molecule has 1 fully saturated rings. The fourth-order valence-electron chi connectivity index (χ4n) is 1.85. The number of carboxylic acid groups (broad SMARTS) is 3. The minimum absolute atomic E-state index is 0.269. The van der Waals surface area contributed by atoms with Crippen molar-refractivity contribution < 1.29 is 29.7 Å². The highest BCUT2D eigenvalue weighted by molar-refractivity contribution is 5.74. The smallest absolute Gasteiger partial charge is 0.320 e. The molecule has 9 heteroatoms. The summed E-state index contributed by atoms with van der Waals surface area (Å²) in [6.45, 7) is 2.28. The van der Waals surface area contributed by atoms with Crippen LogP contribution in [0.1, 0.15) is 25.3 Å². The number of nitrogens with one attached hydrogen (secondary N) is 1. The SMILES string of the molecule is C[C@H](N)C(=O)O.N[C@@H](Cc1ccccc1)C(=O)O.O=C(O)[C@@H]1CCCN1. The summed E-state index contributed by atoms with van der Waals surface area (Å²) in [6.07, 6.45) is 2.17. The van der Waals surface area contributed by atoms with Gasteiger partial charge in [0, 0.05) is 0 Å². The van der Waals surface area contributed by atoms with Crippen molar-refractivity contribution in [3.63, 3.8) is 0 Å². The van der Waals surface area contributed by atoms with Crippen molar-refractivity contribution in [2.75, 3.05) is 6.54 Å². The predicted octanol–water partition coefficient (Wildman–Crippen LogP) is -0.118. The van der Waals surface area contributed by atoms with Gasteiger partial charge < -0.3 is 32.1 Å². The van der Waals surface area contributed by atoms with E-state index in [-0.39, 0.29) is 6.04 Å². The fourth-order valence-corrected chi connectivity index (χ4v) is 1.85. The Hall–Kier alpha value is -2.49. The molecular formula is C17H27N3O6. The normalized spacial score (nSPS) is 17.6. The van der Waals surface area contributed by atoms with Crippen LogP contribution < -0.4 is 16.8 Å². The van der Waals surface area contributed by atoms with Gasteiger partial charge in [0.25, 0.3) is 0 Å². The molecule has 26 heavy (non-hydrogen) atoms. The van der Waals surface area contributed by atoms with Crippen molar-refractivity contribution in [3.8, 4) is 0 Å². The van der Waals surface area contributed by atoms with Gasteiger partial charge in [-0.25, -0.2) is 0 Å². The maximum atomic E-state index is 10.4. The van der Waals surface area contributed by atoms with Gasteiger partial charge in [0.1, 0.15) is 18.1 Å². The molecule has 0 aliphatic carbocycles. The summed E-state index contributed by atoms with van der Waals surface area (Å²) in [5, 5.41) is 27.6. The predicted molar refractivity (Wildman–Crippen MR) is 95.7 cm³/mol. The van der Waals surface area contributed by atoms with Crippen LogP contribution in [0, 0.1) is 0 Å². The van der Waals surface area contributed by atoms with E-state index in [2.05, 4.69) is 5.32 Å². The van der Waals surface area contributed by atoms with Gasteiger partial charge in [0.2, 0.25) is 0 Å². The minimum atomic E-state index is -0.963. The first-order valence-corrected chi connectivity index (χ1v) is 8.12. The number of hydrogen-bond donors (Lipinski definition) is 6. The maximum Gasteiger partial charge on any atom is 0.320 e. The lowest BCUT2D eigenvalue weighted by molar-refractivity contribution is -0.139. The van der Waals surface area contributed by atoms with E-state index in [4.69, 9.17) is 26.8 Å². The Morgan fingerprint density at radius 1 is 1.12 bits per heavy atom. The first-order valence-electron chi connectivity index (χ1n) is 8.12. The first kappa shape index (κ1) is 23.5. The number of rotatable bonds is 5. The highest BCUT2D eigenvalue weighted by atomic mass is 16.4. The number of nitrogens with two attached hydrogens (primary N) is 2. The molecule has 146 valence electrons. The second-order valence-electron chi connectivity index (χ2n) is 5.75. The van der Waals surface area contributed by atoms with Gasteiger partial charge in [0.15, 0.2) is 0 Å². The van der Waals surface area contributed by atoms with Crippen LogP contribution in [-0.2, 0) is 20.8 Å². The zero-order chi connectivity index (χ0) is 20.1. The summed E-state index contributed by atoms with van der Waals surface area (Å²) in [5.41, 5.74) is 11.1. The average molecular weight is 369 g/mol. The number of carboxylic acids is 3. The summed E-state index contributed by atoms with van der Waals surface area (Å²) in [5.74, 6) is -2.64. The molecule has 1 aromatic rings. The molecule has 0 aromatic heterocycles. The summed E-state index contributed by atoms with van der Waals surface area (Å²) in [4.78, 5) is 30.1. The van der Waals surface area contributed by atoms with Crippen molar-refractivity contribution in [2.24, 2.45) is 11.5 Å². The molecule has 0 saturated carbocycles. The van der Waals surface area contributed by atoms with Gasteiger partial charge >= 0.3 is 17.9 Å². The molecule has 0 bridgehead atoms. The first-order chi connectivity index (χ1) is 12.1. The molecule has 0 unspecified atom stereocenters. The summed E-state index contributed by atoms with van der Waals surface area (Å²) >= 11 is 0. The third kappa shape index (κ3) is 11.1. The maximum absolute atomic E-state index is 10.4. The standard InChI is InChI=1S/C9H11NO2.C5H9NO2.C3H7NO2/c10-8(9(11)12)6-7-4-2-1-3-5-7;7-5(8)4-2-1-3-6-4;1-2(4)3(5)6/h1-5,8H,6,10H2,(H,11,12);4,6H,1-3H2,(H,7,8);2H,4H2,1H3,(H,5,6)/t8-;4-;2-/m000/s1. The number of hydrogen-bond acceptors (Lipinski definition) is 6. The Bertz CT molecular complexity index is 559. The second kappa shape index (κ2) is 12.8. The average Bonchev–Trinajstić information content (AvgIpc) is 3.11. The lowest BCUT2D eigenvalue weighted by Crippen LogP contribution is -2.32. The van der Waals surface area contributed by atoms with Crippen molar-refractivity contribution in [3.05, 3.63) is 35.9 Å². The number of carbonyl (C=O) groups is 3. The van der Waals surface area contributed by atoms with Crippen molar-refractivity contribution in [1.82, 2.24) is 5.32 Å². The van der Waals surface area contributed by atoms with Crippen LogP contribution in [0.15, 0.2) is 30.3 Å². The van der Waals surface area contributed by atoms with Gasteiger partial charge in [-0.2, -0.15) is 0 Å². The molecule has 2 rings (SSSR count). The van der Waals surface area contributed by atoms with Gasteiger partial charge in [-0.1, -0.05) is 30.3 Å². The van der Waals surface area contributed by atoms with Crippen LogP contribution in [0.25, 0.3) is 0 Å². The molecule has 0 spiro atoms. The quantitative estimate of drug-likeness (QED) is 0.413. The third-order valence-corrected chi connectivity index (χ3v) is 3.36. The van der Waals surface area contributed by atoms with Crippen LogP contribution >= 0.6 is 0 Å². The Balaban J connectivity index is 0.000000388. The van der Waals surface area contributed by atoms with E-state index in [9.17, 15) is 14.4 Å². The number of benzene rings is 1. The van der Waals surface area contributed by atoms with Crippen LogP contribution in [-0.4, -0.2) is 57.9 Å². The van der Waals surface area contributed by atoms with E-state index in [0.29, 0.717) is 6.42 Å². The largest absolute Gasteiger partial charge is 0.480 e. The summed E-state index contributed by atoms with van der Waals surface area (Å²) in [7, 11) is 0. The van der Waals surface area contributed by atoms with Gasteiger partial charge in [-0.15, -0.1) is 0 Å². The van der Waals surface area contributed by atoms with E-state index in [0.717, 1.165) is 24.9 Å². The molecular weight excluding hydrogens is 342 g/mol. The topological polar surface area (TPSA) is 176 Å². The van der Waals surface area contributed by atoms with Crippen LogP contribution in [0.2, 0.25) is 0 Å². The Kier molecular flexibility index (Phi) is 11.6. The molecule has 0 amide bonds. The Morgan fingerprint density at radius 2 is 1.65 bits per heavy atom. The molecule has 1 saturated heterocycles. The molecule has 1 aliphatic rings. The molecule has 1 aromatic carbocycles. The fraction of sp³-hybridized carbons (Fsp3) is 0.471. The van der Waals surface area contributed by atoms with E-state index in [1.165, 1.54) is 6.92 Å². The Morgan fingerprint density at radius 3 is 1.96 bits per heavy atom. The second-order valence-corrected chi connectivity index (χ2v) is 5.75. The molecule has 3 atom stereocenters. The van der Waals surface area contributed by atoms with Gasteiger partial charge in [-0.05, 0) is 38.3 Å². The molecule has 8 N–H and O–H groups in total. The van der Waals surface area contributed by atoms with Gasteiger partial charge in [0.05, 0.1) is 0 Å². The highest BCUT2D eigenvalue weighted by Crippen LogP contribution is 2.03. The van der Waals surface area contributed by atoms with Crippen LogP contribution in [0.4, 0.5) is 0 Å². The molecule has 1 heterocycles. The molecule has 1 aliphatic heterocycles. The van der Waals surface area contributed by atoms with E-state index in [1.54, 1.807) is 0 Å². The van der Waals surface area contributed by atoms with E-state index >= 15 is 0 Å². The zero-order valence-corrected chi connectivity index (χ0v) is 14.7. The minimum Gasteiger partial charge on any atom is -0.480 e. The zero-order valence-electron chi connectivity index (χ0n) is 14.7. The lowest BCUT2D eigenvalue weighted by Gasteiger charge is -2.04. The van der Waals surface area contributed by atoms with Crippen molar-refractivity contribution >= 4 is 17.9 Å². The van der Waals surface area contributed by atoms with Gasteiger partial charge in [-0.3, -0.25) is 14.4 Å².